The highest BCUT2D eigenvalue weighted by atomic mass is 32.2. The van der Waals surface area contributed by atoms with E-state index in [0.717, 1.165) is 12.5 Å². The van der Waals surface area contributed by atoms with Crippen molar-refractivity contribution in [1.29, 1.82) is 0 Å². The van der Waals surface area contributed by atoms with E-state index >= 15 is 0 Å². The zero-order valence-electron chi connectivity index (χ0n) is 18.4. The molecule has 0 saturated carbocycles. The lowest BCUT2D eigenvalue weighted by Crippen LogP contribution is -2.48. The first-order valence-corrected chi connectivity index (χ1v) is 13.5. The van der Waals surface area contributed by atoms with Gasteiger partial charge in [0.25, 0.3) is 0 Å². The zero-order chi connectivity index (χ0) is 23.6. The number of ether oxygens (including phenoxy) is 1. The molecular formula is C19H31N3O7S2. The van der Waals surface area contributed by atoms with E-state index in [9.17, 15) is 26.7 Å². The van der Waals surface area contributed by atoms with Gasteiger partial charge in [-0.05, 0) is 25.1 Å². The summed E-state index contributed by atoms with van der Waals surface area (Å²) >= 11 is 0. The molecule has 176 valence electrons. The summed E-state index contributed by atoms with van der Waals surface area (Å²) in [6.45, 7) is 3.69. The van der Waals surface area contributed by atoms with Gasteiger partial charge in [0.1, 0.15) is 11.9 Å². The van der Waals surface area contributed by atoms with E-state index in [0.29, 0.717) is 11.3 Å². The van der Waals surface area contributed by atoms with Crippen molar-refractivity contribution in [3.05, 3.63) is 23.8 Å². The van der Waals surface area contributed by atoms with Gasteiger partial charge in [0.15, 0.2) is 0 Å². The van der Waals surface area contributed by atoms with E-state index < -0.39 is 32.2 Å². The Morgan fingerprint density at radius 1 is 1.29 bits per heavy atom. The molecule has 0 fully saturated rings. The minimum atomic E-state index is -3.51. The topological polar surface area (TPSA) is 133 Å². The Morgan fingerprint density at radius 2 is 1.94 bits per heavy atom. The van der Waals surface area contributed by atoms with Gasteiger partial charge in [-0.1, -0.05) is 6.92 Å². The van der Waals surface area contributed by atoms with Crippen LogP contribution >= 0.6 is 0 Å². The number of fused-ring (bicyclic) bond motifs is 1. The van der Waals surface area contributed by atoms with Gasteiger partial charge < -0.3 is 14.7 Å². The molecule has 1 aliphatic rings. The molecule has 0 unspecified atom stereocenters. The second-order valence-electron chi connectivity index (χ2n) is 8.13. The van der Waals surface area contributed by atoms with Gasteiger partial charge in [0.2, 0.25) is 26.0 Å². The molecular weight excluding hydrogens is 446 g/mol. The highest BCUT2D eigenvalue weighted by Gasteiger charge is 2.32. The van der Waals surface area contributed by atoms with Crippen molar-refractivity contribution in [3.8, 4) is 5.75 Å². The zero-order valence-corrected chi connectivity index (χ0v) is 20.0. The number of amides is 1. The third kappa shape index (κ3) is 7.06. The molecule has 1 heterocycles. The number of nitrogens with one attached hydrogen (secondary N) is 1. The number of rotatable bonds is 7. The van der Waals surface area contributed by atoms with Gasteiger partial charge in [-0.3, -0.25) is 9.52 Å². The van der Waals surface area contributed by atoms with E-state index in [1.54, 1.807) is 17.9 Å². The van der Waals surface area contributed by atoms with Gasteiger partial charge >= 0.3 is 0 Å². The molecule has 1 amide bonds. The summed E-state index contributed by atoms with van der Waals surface area (Å²) in [5.41, 5.74) is 0.756. The lowest BCUT2D eigenvalue weighted by atomic mass is 10.0. The summed E-state index contributed by atoms with van der Waals surface area (Å²) in [6, 6.07) is 4.19. The Bertz CT molecular complexity index is 1010. The standard InChI is InChI=1S/C19H31N3O7S2/c1-13-10-22(14(2)12-23)19(24)9-15-8-16(20-30(4,25)26)6-7-17(15)29-18(13)11-21(3)31(5,27)28/h6-8,13-14,18,20,23H,9-12H2,1-5H3/t13-,14-,18+/m1/s1. The third-order valence-electron chi connectivity index (χ3n) is 5.22. The van der Waals surface area contributed by atoms with Crippen LogP contribution in [0.1, 0.15) is 19.4 Å². The first kappa shape index (κ1) is 25.4. The average molecular weight is 478 g/mol. The van der Waals surface area contributed by atoms with E-state index in [2.05, 4.69) is 4.72 Å². The number of carbonyl (C=O) groups excluding carboxylic acids is 1. The fourth-order valence-electron chi connectivity index (χ4n) is 3.31. The molecule has 1 aliphatic heterocycles. The van der Waals surface area contributed by atoms with Crippen LogP contribution in [0.3, 0.4) is 0 Å². The van der Waals surface area contributed by atoms with Crippen molar-refractivity contribution in [1.82, 2.24) is 9.21 Å². The van der Waals surface area contributed by atoms with Crippen molar-refractivity contribution < 1.29 is 31.5 Å². The number of likely N-dealkylation sites (N-methyl/N-ethyl adjacent to an activating group) is 1. The Hall–Kier alpha value is -1.89. The van der Waals surface area contributed by atoms with E-state index in [1.165, 1.54) is 23.5 Å². The fourth-order valence-corrected chi connectivity index (χ4v) is 4.29. The van der Waals surface area contributed by atoms with E-state index in [4.69, 9.17) is 4.74 Å². The van der Waals surface area contributed by atoms with E-state index in [-0.39, 0.29) is 43.6 Å². The molecule has 0 spiro atoms. The number of hydrogen-bond donors (Lipinski definition) is 2. The summed E-state index contributed by atoms with van der Waals surface area (Å²) in [4.78, 5) is 14.6. The van der Waals surface area contributed by atoms with Crippen LogP contribution in [0.5, 0.6) is 5.75 Å². The van der Waals surface area contributed by atoms with Crippen LogP contribution in [0, 0.1) is 5.92 Å². The molecule has 3 atom stereocenters. The number of aliphatic hydroxyl groups is 1. The number of carbonyl (C=O) groups is 1. The van der Waals surface area contributed by atoms with Crippen LogP contribution in [-0.2, 0) is 31.3 Å². The van der Waals surface area contributed by atoms with Crippen molar-refractivity contribution in [3.63, 3.8) is 0 Å². The van der Waals surface area contributed by atoms with Crippen LogP contribution < -0.4 is 9.46 Å². The van der Waals surface area contributed by atoms with Crippen LogP contribution in [0.25, 0.3) is 0 Å². The Labute approximate surface area is 184 Å². The SMILES string of the molecule is C[C@@H]1CN([C@H](C)CO)C(=O)Cc2cc(NS(C)(=O)=O)ccc2O[C@H]1CN(C)S(C)(=O)=O. The molecule has 12 heteroatoms. The van der Waals surface area contributed by atoms with Gasteiger partial charge in [-0.25, -0.2) is 21.1 Å². The maximum atomic E-state index is 13.0. The quantitative estimate of drug-likeness (QED) is 0.569. The molecule has 0 bridgehead atoms. The summed E-state index contributed by atoms with van der Waals surface area (Å²) in [6.07, 6.45) is 1.50. The van der Waals surface area contributed by atoms with Gasteiger partial charge in [0, 0.05) is 30.8 Å². The van der Waals surface area contributed by atoms with Gasteiger partial charge in [-0.2, -0.15) is 0 Å². The van der Waals surface area contributed by atoms with Crippen molar-refractivity contribution in [2.24, 2.45) is 5.92 Å². The monoisotopic (exact) mass is 477 g/mol. The number of aliphatic hydroxyl groups excluding tert-OH is 1. The molecule has 0 aromatic heterocycles. The molecule has 31 heavy (non-hydrogen) atoms. The number of sulfonamides is 2. The van der Waals surface area contributed by atoms with Crippen molar-refractivity contribution in [2.75, 3.05) is 44.0 Å². The minimum absolute atomic E-state index is 0.0552. The van der Waals surface area contributed by atoms with Crippen LogP contribution in [0.2, 0.25) is 0 Å². The molecule has 1 aromatic rings. The number of hydrogen-bond acceptors (Lipinski definition) is 7. The highest BCUT2D eigenvalue weighted by Crippen LogP contribution is 2.29. The first-order chi connectivity index (χ1) is 14.2. The Balaban J connectivity index is 2.50. The maximum Gasteiger partial charge on any atom is 0.229 e. The molecule has 2 rings (SSSR count). The number of benzene rings is 1. The number of anilines is 1. The molecule has 0 saturated heterocycles. The first-order valence-electron chi connectivity index (χ1n) is 9.80. The second kappa shape index (κ2) is 9.72. The minimum Gasteiger partial charge on any atom is -0.488 e. The normalized spacial score (nSPS) is 21.5. The predicted octanol–water partition coefficient (Wildman–Crippen LogP) is 0.0985. The van der Waals surface area contributed by atoms with Crippen LogP contribution in [-0.4, -0.2) is 88.5 Å². The van der Waals surface area contributed by atoms with E-state index in [1.807, 2.05) is 6.92 Å². The summed E-state index contributed by atoms with van der Waals surface area (Å²) in [7, 11) is -5.51. The average Bonchev–Trinajstić information content (AvgIpc) is 2.68. The third-order valence-corrected chi connectivity index (χ3v) is 7.11. The van der Waals surface area contributed by atoms with Crippen LogP contribution in [0.4, 0.5) is 5.69 Å². The van der Waals surface area contributed by atoms with Crippen molar-refractivity contribution in [2.45, 2.75) is 32.4 Å². The van der Waals surface area contributed by atoms with Gasteiger partial charge in [0.05, 0.1) is 38.1 Å². The lowest BCUT2D eigenvalue weighted by molar-refractivity contribution is -0.134. The summed E-state index contributed by atoms with van der Waals surface area (Å²) in [5.74, 6) is -0.113. The highest BCUT2D eigenvalue weighted by molar-refractivity contribution is 7.92. The molecule has 2 N–H and O–H groups in total. The summed E-state index contributed by atoms with van der Waals surface area (Å²) in [5, 5.41) is 9.62. The molecule has 1 aromatic carbocycles. The van der Waals surface area contributed by atoms with Crippen LogP contribution in [0.15, 0.2) is 18.2 Å². The predicted molar refractivity (Wildman–Crippen MR) is 118 cm³/mol. The Morgan fingerprint density at radius 3 is 2.48 bits per heavy atom. The largest absolute Gasteiger partial charge is 0.488 e. The Kier molecular flexibility index (Phi) is 7.95. The second-order valence-corrected chi connectivity index (χ2v) is 12.0. The lowest BCUT2D eigenvalue weighted by Gasteiger charge is -2.33. The fraction of sp³-hybridized carbons (Fsp3) is 0.632. The molecule has 0 radical (unpaired) electrons. The van der Waals surface area contributed by atoms with Gasteiger partial charge in [-0.15, -0.1) is 0 Å². The maximum absolute atomic E-state index is 13.0. The molecule has 0 aliphatic carbocycles. The van der Waals surface area contributed by atoms with Crippen molar-refractivity contribution >= 4 is 31.6 Å². The molecule has 10 nitrogen and oxygen atoms in total. The number of nitrogens with zero attached hydrogens (tertiary/aromatic N) is 2. The summed E-state index contributed by atoms with van der Waals surface area (Å²) < 4.78 is 56.8. The smallest absolute Gasteiger partial charge is 0.229 e.